The zero-order valence-electron chi connectivity index (χ0n) is 12.6. The second-order valence-corrected chi connectivity index (χ2v) is 6.71. The minimum atomic E-state index is -0.479. The van der Waals surface area contributed by atoms with Gasteiger partial charge in [0.05, 0.1) is 4.47 Å². The average Bonchev–Trinajstić information content (AvgIpc) is 2.72. The first kappa shape index (κ1) is 16.8. The Morgan fingerprint density at radius 3 is 2.90 bits per heavy atom. The Morgan fingerprint density at radius 2 is 2.19 bits per heavy atom. The van der Waals surface area contributed by atoms with E-state index in [0.29, 0.717) is 23.0 Å². The van der Waals surface area contributed by atoms with Crippen LogP contribution in [0.2, 0.25) is 0 Å². The van der Waals surface area contributed by atoms with Crippen molar-refractivity contribution < 1.29 is 8.78 Å². The molecule has 1 aliphatic heterocycles. The Balaban J connectivity index is 2.13. The van der Waals surface area contributed by atoms with Crippen molar-refractivity contribution in [1.82, 2.24) is 10.2 Å². The summed E-state index contributed by atoms with van der Waals surface area (Å²) in [5.41, 5.74) is 0.161. The van der Waals surface area contributed by atoms with Gasteiger partial charge in [0.25, 0.3) is 0 Å². The fourth-order valence-electron chi connectivity index (χ4n) is 2.77. The molecule has 0 aromatic heterocycles. The number of hydrogen-bond donors (Lipinski definition) is 1. The first-order chi connectivity index (χ1) is 10.0. The van der Waals surface area contributed by atoms with Crippen molar-refractivity contribution in [2.24, 2.45) is 5.92 Å². The third kappa shape index (κ3) is 4.24. The van der Waals surface area contributed by atoms with Gasteiger partial charge in [-0.1, -0.05) is 20.3 Å². The van der Waals surface area contributed by atoms with E-state index >= 15 is 0 Å². The molecule has 0 amide bonds. The van der Waals surface area contributed by atoms with Crippen molar-refractivity contribution in [3.05, 3.63) is 33.8 Å². The van der Waals surface area contributed by atoms with Gasteiger partial charge in [0, 0.05) is 24.7 Å². The smallest absolute Gasteiger partial charge is 0.144 e. The van der Waals surface area contributed by atoms with Gasteiger partial charge in [-0.2, -0.15) is 0 Å². The monoisotopic (exact) mass is 360 g/mol. The molecule has 2 atom stereocenters. The fraction of sp³-hybridized carbons (Fsp3) is 0.625. The van der Waals surface area contributed by atoms with Gasteiger partial charge in [-0.25, -0.2) is 8.78 Å². The molecule has 1 aromatic rings. The van der Waals surface area contributed by atoms with Gasteiger partial charge in [0.1, 0.15) is 11.6 Å². The van der Waals surface area contributed by atoms with E-state index in [-0.39, 0.29) is 5.56 Å². The topological polar surface area (TPSA) is 15.3 Å². The van der Waals surface area contributed by atoms with Crippen molar-refractivity contribution in [2.45, 2.75) is 39.3 Å². The van der Waals surface area contributed by atoms with E-state index in [4.69, 9.17) is 0 Å². The van der Waals surface area contributed by atoms with Crippen LogP contribution in [0.1, 0.15) is 32.3 Å². The second kappa shape index (κ2) is 7.65. The SMILES string of the molecule is CCC(C)C1CN(Cc2c(F)ccc(Br)c2F)CCCN1. The molecule has 2 nitrogen and oxygen atoms in total. The highest BCUT2D eigenvalue weighted by atomic mass is 79.9. The highest BCUT2D eigenvalue weighted by Gasteiger charge is 2.23. The molecule has 0 spiro atoms. The molecule has 118 valence electrons. The lowest BCUT2D eigenvalue weighted by atomic mass is 9.99. The van der Waals surface area contributed by atoms with E-state index in [1.165, 1.54) is 12.1 Å². The summed E-state index contributed by atoms with van der Waals surface area (Å²) in [6.07, 6.45) is 2.11. The summed E-state index contributed by atoms with van der Waals surface area (Å²) in [6, 6.07) is 3.13. The van der Waals surface area contributed by atoms with E-state index in [9.17, 15) is 8.78 Å². The van der Waals surface area contributed by atoms with Crippen molar-refractivity contribution in [2.75, 3.05) is 19.6 Å². The first-order valence-corrected chi connectivity index (χ1v) is 8.40. The third-order valence-corrected chi connectivity index (χ3v) is 4.98. The Hall–Kier alpha value is -0.520. The van der Waals surface area contributed by atoms with E-state index in [0.717, 1.165) is 32.5 Å². The Morgan fingerprint density at radius 1 is 1.43 bits per heavy atom. The zero-order chi connectivity index (χ0) is 15.4. The van der Waals surface area contributed by atoms with Crippen molar-refractivity contribution in [3.8, 4) is 0 Å². The molecule has 21 heavy (non-hydrogen) atoms. The summed E-state index contributed by atoms with van der Waals surface area (Å²) in [4.78, 5) is 2.16. The number of halogens is 3. The number of nitrogens with zero attached hydrogens (tertiary/aromatic N) is 1. The van der Waals surface area contributed by atoms with Crippen LogP contribution in [-0.2, 0) is 6.54 Å². The Labute approximate surface area is 134 Å². The molecule has 2 rings (SSSR count). The zero-order valence-corrected chi connectivity index (χ0v) is 14.2. The molecule has 1 aliphatic rings. The van der Waals surface area contributed by atoms with Crippen LogP contribution in [0.3, 0.4) is 0 Å². The van der Waals surface area contributed by atoms with Gasteiger partial charge in [-0.3, -0.25) is 4.90 Å². The number of hydrogen-bond acceptors (Lipinski definition) is 2. The van der Waals surface area contributed by atoms with Crippen LogP contribution in [0.15, 0.2) is 16.6 Å². The molecule has 1 saturated heterocycles. The molecule has 1 fully saturated rings. The van der Waals surface area contributed by atoms with E-state index in [1.807, 2.05) is 0 Å². The number of nitrogens with one attached hydrogen (secondary N) is 1. The normalized spacial score (nSPS) is 22.0. The minimum absolute atomic E-state index is 0.161. The molecule has 0 bridgehead atoms. The summed E-state index contributed by atoms with van der Waals surface area (Å²) in [5.74, 6) is -0.386. The van der Waals surface area contributed by atoms with Crippen LogP contribution in [0.5, 0.6) is 0 Å². The second-order valence-electron chi connectivity index (χ2n) is 5.86. The quantitative estimate of drug-likeness (QED) is 0.818. The summed E-state index contributed by atoms with van der Waals surface area (Å²) in [6.45, 7) is 7.39. The maximum Gasteiger partial charge on any atom is 0.144 e. The van der Waals surface area contributed by atoms with Crippen molar-refractivity contribution >= 4 is 15.9 Å². The van der Waals surface area contributed by atoms with E-state index in [1.54, 1.807) is 0 Å². The van der Waals surface area contributed by atoms with Gasteiger partial charge < -0.3 is 5.32 Å². The summed E-state index contributed by atoms with van der Waals surface area (Å²) < 4.78 is 28.3. The van der Waals surface area contributed by atoms with Crippen LogP contribution in [0, 0.1) is 17.6 Å². The highest BCUT2D eigenvalue weighted by molar-refractivity contribution is 9.10. The largest absolute Gasteiger partial charge is 0.312 e. The third-order valence-electron chi connectivity index (χ3n) is 4.36. The number of rotatable bonds is 4. The molecule has 1 aromatic carbocycles. The van der Waals surface area contributed by atoms with Crippen molar-refractivity contribution in [3.63, 3.8) is 0 Å². The first-order valence-electron chi connectivity index (χ1n) is 7.61. The molecule has 1 N–H and O–H groups in total. The van der Waals surface area contributed by atoms with Crippen molar-refractivity contribution in [1.29, 1.82) is 0 Å². The predicted molar refractivity (Wildman–Crippen MR) is 85.2 cm³/mol. The summed E-state index contributed by atoms with van der Waals surface area (Å²) in [5, 5.41) is 3.55. The van der Waals surface area contributed by atoms with Crippen LogP contribution >= 0.6 is 15.9 Å². The molecule has 2 unspecified atom stereocenters. The Kier molecular flexibility index (Phi) is 6.14. The molecular formula is C16H23BrF2N2. The van der Waals surface area contributed by atoms with Crippen LogP contribution in [0.4, 0.5) is 8.78 Å². The lowest BCUT2D eigenvalue weighted by Crippen LogP contribution is -2.41. The van der Waals surface area contributed by atoms with Gasteiger partial charge in [-0.05, 0) is 53.5 Å². The minimum Gasteiger partial charge on any atom is -0.312 e. The van der Waals surface area contributed by atoms with Gasteiger partial charge >= 0.3 is 0 Å². The van der Waals surface area contributed by atoms with Crippen LogP contribution < -0.4 is 5.32 Å². The molecule has 5 heteroatoms. The van der Waals surface area contributed by atoms with Crippen LogP contribution in [0.25, 0.3) is 0 Å². The van der Waals surface area contributed by atoms with Crippen LogP contribution in [-0.4, -0.2) is 30.6 Å². The standard InChI is InChI=1S/C16H23BrF2N2/c1-3-11(2)15-10-21(8-4-7-20-15)9-12-14(18)6-5-13(17)16(12)19/h5-6,11,15,20H,3-4,7-10H2,1-2H3. The lowest BCUT2D eigenvalue weighted by molar-refractivity contribution is 0.226. The lowest BCUT2D eigenvalue weighted by Gasteiger charge is -2.28. The maximum atomic E-state index is 14.1. The number of benzene rings is 1. The van der Waals surface area contributed by atoms with Gasteiger partial charge in [-0.15, -0.1) is 0 Å². The molecule has 1 heterocycles. The summed E-state index contributed by atoms with van der Waals surface area (Å²) in [7, 11) is 0. The molecule has 0 aliphatic carbocycles. The predicted octanol–water partition coefficient (Wildman–Crippen LogP) is 3.94. The van der Waals surface area contributed by atoms with E-state index in [2.05, 4.69) is 40.0 Å². The molecule has 0 saturated carbocycles. The van der Waals surface area contributed by atoms with E-state index < -0.39 is 11.6 Å². The fourth-order valence-corrected chi connectivity index (χ4v) is 3.14. The highest BCUT2D eigenvalue weighted by Crippen LogP contribution is 2.24. The molecular weight excluding hydrogens is 338 g/mol. The van der Waals surface area contributed by atoms with Gasteiger partial charge in [0.15, 0.2) is 0 Å². The summed E-state index contributed by atoms with van der Waals surface area (Å²) >= 11 is 3.13. The maximum absolute atomic E-state index is 14.1. The average molecular weight is 361 g/mol. The van der Waals surface area contributed by atoms with Gasteiger partial charge in [0.2, 0.25) is 0 Å². The Bertz CT molecular complexity index is 482. The molecule has 0 radical (unpaired) electrons.